The molecule has 48 valence electrons. The molecule has 0 radical (unpaired) electrons. The van der Waals surface area contributed by atoms with E-state index in [1.807, 2.05) is 0 Å². The molecule has 0 N–H and O–H groups in total. The van der Waals surface area contributed by atoms with E-state index in [2.05, 4.69) is 0 Å². The number of ketones is 1. The van der Waals surface area contributed by atoms with Crippen LogP contribution >= 0.6 is 0 Å². The molecule has 2 atom stereocenters. The number of hydrogen-bond acceptors (Lipinski definition) is 2. The van der Waals surface area contributed by atoms with Gasteiger partial charge in [0.1, 0.15) is 0 Å². The Kier molecular flexibility index (Phi) is 0.648. The molecule has 3 nitrogen and oxygen atoms in total. The van der Waals surface area contributed by atoms with Crippen LogP contribution in [0.1, 0.15) is 6.42 Å². The van der Waals surface area contributed by atoms with Crippen LogP contribution in [0.2, 0.25) is 0 Å². The molecule has 1 aliphatic heterocycles. The lowest BCUT2D eigenvalue weighted by Gasteiger charge is -2.07. The van der Waals surface area contributed by atoms with Crippen molar-refractivity contribution >= 4 is 11.7 Å². The number of hydrogen-bond donors (Lipinski definition) is 0. The Morgan fingerprint density at radius 2 is 2.22 bits per heavy atom. The number of nitrogens with zero attached hydrogens (tertiary/aromatic N) is 1. The Balaban J connectivity index is 2.33. The molecule has 2 rings (SSSR count). The predicted molar refractivity (Wildman–Crippen MR) is 29.7 cm³/mol. The summed E-state index contributed by atoms with van der Waals surface area (Å²) in [5, 5.41) is 0. The first-order chi connectivity index (χ1) is 4.22. The van der Waals surface area contributed by atoms with Gasteiger partial charge < -0.3 is 4.90 Å². The zero-order valence-corrected chi connectivity index (χ0v) is 5.13. The van der Waals surface area contributed by atoms with E-state index in [0.29, 0.717) is 0 Å². The number of piperidine rings is 1. The normalized spacial score (nSPS) is 39.4. The van der Waals surface area contributed by atoms with Gasteiger partial charge >= 0.3 is 0 Å². The van der Waals surface area contributed by atoms with Crippen LogP contribution in [0.4, 0.5) is 0 Å². The second-order valence-electron chi connectivity index (χ2n) is 2.69. The summed E-state index contributed by atoms with van der Waals surface area (Å²) in [6.45, 7) is 0. The number of rotatable bonds is 0. The van der Waals surface area contributed by atoms with Crippen LogP contribution in [-0.4, -0.2) is 29.7 Å². The Bertz CT molecular complexity index is 193. The summed E-state index contributed by atoms with van der Waals surface area (Å²) < 4.78 is 0. The van der Waals surface area contributed by atoms with Gasteiger partial charge in [-0.25, -0.2) is 0 Å². The van der Waals surface area contributed by atoms with E-state index in [1.165, 1.54) is 0 Å². The van der Waals surface area contributed by atoms with Gasteiger partial charge in [0.25, 0.3) is 5.91 Å². The highest BCUT2D eigenvalue weighted by atomic mass is 16.2. The number of carbonyl (C=O) groups is 2. The molecular weight excluding hydrogens is 118 g/mol. The second-order valence-corrected chi connectivity index (χ2v) is 2.69. The molecule has 0 spiro atoms. The lowest BCUT2D eigenvalue weighted by atomic mass is 10.3. The fourth-order valence-corrected chi connectivity index (χ4v) is 1.37. The van der Waals surface area contributed by atoms with E-state index in [-0.39, 0.29) is 23.7 Å². The third kappa shape index (κ3) is 0.422. The number of carbonyl (C=O) groups excluding carboxylic acids is 2. The van der Waals surface area contributed by atoms with Gasteiger partial charge in [0.2, 0.25) is 5.78 Å². The lowest BCUT2D eigenvalue weighted by molar-refractivity contribution is -0.141. The van der Waals surface area contributed by atoms with E-state index in [0.717, 1.165) is 6.42 Å². The van der Waals surface area contributed by atoms with Gasteiger partial charge in [0.05, 0.1) is 0 Å². The van der Waals surface area contributed by atoms with Crippen molar-refractivity contribution in [3.63, 3.8) is 0 Å². The molecule has 1 heterocycles. The average molecular weight is 125 g/mol. The monoisotopic (exact) mass is 125 g/mol. The van der Waals surface area contributed by atoms with Gasteiger partial charge in [-0.3, -0.25) is 9.59 Å². The third-order valence-electron chi connectivity index (χ3n) is 2.12. The van der Waals surface area contributed by atoms with Crippen LogP contribution in [0.3, 0.4) is 0 Å². The first-order valence-electron chi connectivity index (χ1n) is 3.03. The largest absolute Gasteiger partial charge is 0.335 e. The quantitative estimate of drug-likeness (QED) is 0.406. The molecule has 0 aromatic heterocycles. The SMILES string of the molecule is CN1C(=O)C(=O)C2CC21. The molecule has 3 heteroatoms. The van der Waals surface area contributed by atoms with Gasteiger partial charge in [-0.1, -0.05) is 0 Å². The Morgan fingerprint density at radius 3 is 2.44 bits per heavy atom. The maximum atomic E-state index is 10.8. The first-order valence-corrected chi connectivity index (χ1v) is 3.03. The van der Waals surface area contributed by atoms with Crippen molar-refractivity contribution in [2.75, 3.05) is 7.05 Å². The summed E-state index contributed by atoms with van der Waals surface area (Å²) >= 11 is 0. The summed E-state index contributed by atoms with van der Waals surface area (Å²) in [5.41, 5.74) is 0. The topological polar surface area (TPSA) is 37.4 Å². The minimum Gasteiger partial charge on any atom is -0.335 e. The van der Waals surface area contributed by atoms with Crippen LogP contribution in [0.15, 0.2) is 0 Å². The van der Waals surface area contributed by atoms with Gasteiger partial charge in [-0.2, -0.15) is 0 Å². The Morgan fingerprint density at radius 1 is 1.56 bits per heavy atom. The minimum atomic E-state index is -0.295. The summed E-state index contributed by atoms with van der Waals surface area (Å²) in [6, 6.07) is 0.269. The number of likely N-dealkylation sites (tertiary alicyclic amines) is 1. The molecule has 0 aromatic carbocycles. The van der Waals surface area contributed by atoms with E-state index in [9.17, 15) is 9.59 Å². The number of Topliss-reactive ketones (excluding diaryl/α,β-unsaturated/α-hetero) is 1. The first kappa shape index (κ1) is 4.97. The molecule has 0 aromatic rings. The van der Waals surface area contributed by atoms with Crippen LogP contribution < -0.4 is 0 Å². The second kappa shape index (κ2) is 1.17. The standard InChI is InChI=1S/C6H7NO2/c1-7-4-2-3(4)5(8)6(7)9/h3-4H,2H2,1H3. The van der Waals surface area contributed by atoms with Gasteiger partial charge in [-0.15, -0.1) is 0 Å². The molecule has 1 amide bonds. The maximum Gasteiger partial charge on any atom is 0.290 e. The highest BCUT2D eigenvalue weighted by Crippen LogP contribution is 2.41. The van der Waals surface area contributed by atoms with Gasteiger partial charge in [0, 0.05) is 19.0 Å². The lowest BCUT2D eigenvalue weighted by Crippen LogP contribution is -2.27. The number of amides is 1. The van der Waals surface area contributed by atoms with Crippen molar-refractivity contribution in [1.29, 1.82) is 0 Å². The Labute approximate surface area is 52.6 Å². The minimum absolute atomic E-state index is 0.0718. The van der Waals surface area contributed by atoms with Gasteiger partial charge in [-0.05, 0) is 6.42 Å². The molecule has 9 heavy (non-hydrogen) atoms. The predicted octanol–water partition coefficient (Wildman–Crippen LogP) is -0.584. The van der Waals surface area contributed by atoms with Crippen molar-refractivity contribution < 1.29 is 9.59 Å². The Hall–Kier alpha value is -0.860. The highest BCUT2D eigenvalue weighted by Gasteiger charge is 2.56. The number of fused-ring (bicyclic) bond motifs is 1. The molecule has 2 aliphatic rings. The van der Waals surface area contributed by atoms with Crippen LogP contribution in [0.5, 0.6) is 0 Å². The summed E-state index contributed by atoms with van der Waals surface area (Å²) in [4.78, 5) is 23.0. The molecule has 1 aliphatic carbocycles. The molecule has 2 fully saturated rings. The summed E-state index contributed by atoms with van der Waals surface area (Å²) in [6.07, 6.45) is 0.904. The molecular formula is C6H7NO2. The van der Waals surface area contributed by atoms with E-state index in [4.69, 9.17) is 0 Å². The van der Waals surface area contributed by atoms with Gasteiger partial charge in [0.15, 0.2) is 0 Å². The maximum absolute atomic E-state index is 10.8. The third-order valence-corrected chi connectivity index (χ3v) is 2.12. The zero-order chi connectivity index (χ0) is 6.59. The van der Waals surface area contributed by atoms with E-state index < -0.39 is 0 Å². The van der Waals surface area contributed by atoms with Crippen LogP contribution in [0.25, 0.3) is 0 Å². The summed E-state index contributed by atoms with van der Waals surface area (Å²) in [5.74, 6) is -0.402. The smallest absolute Gasteiger partial charge is 0.290 e. The average Bonchev–Trinajstić information content (AvgIpc) is 2.56. The highest BCUT2D eigenvalue weighted by molar-refractivity contribution is 6.40. The summed E-state index contributed by atoms with van der Waals surface area (Å²) in [7, 11) is 1.69. The molecule has 0 bridgehead atoms. The van der Waals surface area contributed by atoms with Crippen molar-refractivity contribution in [3.05, 3.63) is 0 Å². The van der Waals surface area contributed by atoms with Crippen molar-refractivity contribution in [2.45, 2.75) is 12.5 Å². The fourth-order valence-electron chi connectivity index (χ4n) is 1.37. The van der Waals surface area contributed by atoms with Crippen LogP contribution in [0, 0.1) is 5.92 Å². The van der Waals surface area contributed by atoms with Crippen molar-refractivity contribution in [2.24, 2.45) is 5.92 Å². The van der Waals surface area contributed by atoms with Crippen LogP contribution in [-0.2, 0) is 9.59 Å². The van der Waals surface area contributed by atoms with E-state index in [1.54, 1.807) is 11.9 Å². The number of likely N-dealkylation sites (N-methyl/N-ethyl adjacent to an activating group) is 1. The van der Waals surface area contributed by atoms with Crippen molar-refractivity contribution in [3.8, 4) is 0 Å². The fraction of sp³-hybridized carbons (Fsp3) is 0.667. The molecule has 1 saturated heterocycles. The van der Waals surface area contributed by atoms with Crippen molar-refractivity contribution in [1.82, 2.24) is 4.90 Å². The molecule has 2 unspecified atom stereocenters. The molecule has 1 saturated carbocycles. The zero-order valence-electron chi connectivity index (χ0n) is 5.13. The van der Waals surface area contributed by atoms with E-state index >= 15 is 0 Å².